The van der Waals surface area contributed by atoms with Gasteiger partial charge in [0.25, 0.3) is 6.01 Å². The third-order valence-corrected chi connectivity index (χ3v) is 5.49. The van der Waals surface area contributed by atoms with Crippen LogP contribution in [0.3, 0.4) is 0 Å². The Bertz CT molecular complexity index is 1190. The Hall–Kier alpha value is -3.34. The summed E-state index contributed by atoms with van der Waals surface area (Å²) in [5.41, 5.74) is 12.4. The second-order valence-electron chi connectivity index (χ2n) is 7.36. The number of hydrogen-bond donors (Lipinski definition) is 1. The molecule has 3 heterocycles. The maximum atomic E-state index is 5.66. The highest BCUT2D eigenvalue weighted by Crippen LogP contribution is 2.29. The summed E-state index contributed by atoms with van der Waals surface area (Å²) in [5, 5.41) is 1.10. The molecule has 2 aromatic heterocycles. The standard InChI is InChI=1S/C23H22N4O/c1-15(27-9-3-2-4-10-27)19-12-18-11-16(5-7-20(18)25-14-19)17-6-8-22-21(13-17)26-23(24)28-22/h5-8,11-14H,1-4,9-10H2,(H2,24,26). The summed E-state index contributed by atoms with van der Waals surface area (Å²) in [6, 6.07) is 14.6. The molecule has 0 bridgehead atoms. The maximum Gasteiger partial charge on any atom is 0.292 e. The molecule has 5 rings (SSSR count). The van der Waals surface area contributed by atoms with Gasteiger partial charge in [-0.2, -0.15) is 4.98 Å². The number of anilines is 1. The van der Waals surface area contributed by atoms with Crippen molar-refractivity contribution in [2.45, 2.75) is 19.3 Å². The van der Waals surface area contributed by atoms with Crippen molar-refractivity contribution in [3.05, 3.63) is 60.8 Å². The van der Waals surface area contributed by atoms with Crippen molar-refractivity contribution >= 4 is 33.7 Å². The van der Waals surface area contributed by atoms with E-state index in [-0.39, 0.29) is 6.01 Å². The van der Waals surface area contributed by atoms with Gasteiger partial charge in [0.15, 0.2) is 5.58 Å². The van der Waals surface area contributed by atoms with Crippen LogP contribution in [-0.4, -0.2) is 28.0 Å². The van der Waals surface area contributed by atoms with E-state index < -0.39 is 0 Å². The van der Waals surface area contributed by atoms with Crippen LogP contribution in [0.4, 0.5) is 6.01 Å². The first-order valence-corrected chi connectivity index (χ1v) is 9.68. The number of hydrogen-bond acceptors (Lipinski definition) is 5. The molecule has 5 nitrogen and oxygen atoms in total. The fourth-order valence-corrected chi connectivity index (χ4v) is 3.94. The minimum atomic E-state index is 0.190. The quantitative estimate of drug-likeness (QED) is 0.544. The second kappa shape index (κ2) is 6.68. The molecule has 2 aromatic carbocycles. The molecule has 0 amide bonds. The molecule has 0 atom stereocenters. The van der Waals surface area contributed by atoms with Gasteiger partial charge in [0.1, 0.15) is 5.52 Å². The Kier molecular flexibility index (Phi) is 4.01. The normalized spacial score (nSPS) is 14.6. The highest BCUT2D eigenvalue weighted by Gasteiger charge is 2.14. The Morgan fingerprint density at radius 2 is 1.75 bits per heavy atom. The minimum Gasteiger partial charge on any atom is -0.424 e. The van der Waals surface area contributed by atoms with Crippen LogP contribution in [0.2, 0.25) is 0 Å². The Labute approximate surface area is 163 Å². The van der Waals surface area contributed by atoms with Crippen molar-refractivity contribution in [2.24, 2.45) is 0 Å². The first kappa shape index (κ1) is 16.8. The zero-order valence-corrected chi connectivity index (χ0v) is 15.7. The van der Waals surface area contributed by atoms with E-state index in [1.807, 2.05) is 24.4 Å². The summed E-state index contributed by atoms with van der Waals surface area (Å²) in [6.45, 7) is 6.49. The molecule has 1 saturated heterocycles. The molecule has 4 aromatic rings. The number of aromatic nitrogens is 2. The number of pyridine rings is 1. The van der Waals surface area contributed by atoms with Gasteiger partial charge in [0, 0.05) is 35.9 Å². The largest absolute Gasteiger partial charge is 0.424 e. The lowest BCUT2D eigenvalue weighted by atomic mass is 10.0. The summed E-state index contributed by atoms with van der Waals surface area (Å²) in [4.78, 5) is 11.3. The highest BCUT2D eigenvalue weighted by atomic mass is 16.4. The molecule has 1 fully saturated rings. The predicted octanol–water partition coefficient (Wildman–Crippen LogP) is 5.08. The van der Waals surface area contributed by atoms with Gasteiger partial charge in [-0.15, -0.1) is 0 Å². The van der Waals surface area contributed by atoms with Crippen LogP contribution in [0.5, 0.6) is 0 Å². The van der Waals surface area contributed by atoms with Gasteiger partial charge in [-0.3, -0.25) is 4.98 Å². The van der Waals surface area contributed by atoms with E-state index in [9.17, 15) is 0 Å². The molecule has 1 aliphatic rings. The molecule has 0 aliphatic carbocycles. The molecule has 0 saturated carbocycles. The highest BCUT2D eigenvalue weighted by molar-refractivity contribution is 5.88. The lowest BCUT2D eigenvalue weighted by Gasteiger charge is -2.30. The number of nitrogens with zero attached hydrogens (tertiary/aromatic N) is 3. The molecule has 2 N–H and O–H groups in total. The van der Waals surface area contributed by atoms with Gasteiger partial charge in [0.2, 0.25) is 0 Å². The first-order chi connectivity index (χ1) is 13.7. The number of oxazole rings is 1. The van der Waals surface area contributed by atoms with E-state index in [1.165, 1.54) is 19.3 Å². The van der Waals surface area contributed by atoms with E-state index in [4.69, 9.17) is 10.2 Å². The van der Waals surface area contributed by atoms with Crippen LogP contribution in [0.25, 0.3) is 38.8 Å². The maximum absolute atomic E-state index is 5.66. The van der Waals surface area contributed by atoms with Gasteiger partial charge in [-0.25, -0.2) is 0 Å². The molecule has 5 heteroatoms. The number of likely N-dealkylation sites (tertiary alicyclic amines) is 1. The van der Waals surface area contributed by atoms with Gasteiger partial charge in [-0.05, 0) is 60.7 Å². The molecule has 1 aliphatic heterocycles. The van der Waals surface area contributed by atoms with Crippen molar-refractivity contribution in [3.63, 3.8) is 0 Å². The lowest BCUT2D eigenvalue weighted by molar-refractivity contribution is 0.326. The van der Waals surface area contributed by atoms with Crippen molar-refractivity contribution < 1.29 is 4.42 Å². The Balaban J connectivity index is 1.52. The van der Waals surface area contributed by atoms with Crippen LogP contribution >= 0.6 is 0 Å². The summed E-state index contributed by atoms with van der Waals surface area (Å²) >= 11 is 0. The van der Waals surface area contributed by atoms with Crippen LogP contribution in [0.15, 0.2) is 59.7 Å². The number of benzene rings is 2. The van der Waals surface area contributed by atoms with E-state index in [0.29, 0.717) is 5.58 Å². The Morgan fingerprint density at radius 1 is 0.964 bits per heavy atom. The van der Waals surface area contributed by atoms with E-state index >= 15 is 0 Å². The molecular weight excluding hydrogens is 348 g/mol. The zero-order chi connectivity index (χ0) is 19.1. The van der Waals surface area contributed by atoms with E-state index in [2.05, 4.69) is 45.7 Å². The van der Waals surface area contributed by atoms with Crippen LogP contribution in [0, 0.1) is 0 Å². The SMILES string of the molecule is C=C(c1cnc2ccc(-c3ccc4oc(N)nc4c3)cc2c1)N1CCCCC1. The van der Waals surface area contributed by atoms with E-state index in [1.54, 1.807) is 0 Å². The number of piperidine rings is 1. The summed E-state index contributed by atoms with van der Waals surface area (Å²) in [7, 11) is 0. The predicted molar refractivity (Wildman–Crippen MR) is 114 cm³/mol. The average molecular weight is 370 g/mol. The van der Waals surface area contributed by atoms with Crippen LogP contribution in [0.1, 0.15) is 24.8 Å². The minimum absolute atomic E-state index is 0.190. The first-order valence-electron chi connectivity index (χ1n) is 9.68. The number of nitrogens with two attached hydrogens (primary N) is 1. The molecule has 0 radical (unpaired) electrons. The molecule has 140 valence electrons. The zero-order valence-electron chi connectivity index (χ0n) is 15.7. The molecule has 0 unspecified atom stereocenters. The fourth-order valence-electron chi connectivity index (χ4n) is 3.94. The third-order valence-electron chi connectivity index (χ3n) is 5.49. The number of nitrogen functional groups attached to an aromatic ring is 1. The summed E-state index contributed by atoms with van der Waals surface area (Å²) in [5.74, 6) is 0. The van der Waals surface area contributed by atoms with Crippen molar-refractivity contribution in [3.8, 4) is 11.1 Å². The topological polar surface area (TPSA) is 68.2 Å². The average Bonchev–Trinajstić information content (AvgIpc) is 3.12. The van der Waals surface area contributed by atoms with Gasteiger partial charge in [-0.1, -0.05) is 18.7 Å². The fraction of sp³-hybridized carbons (Fsp3) is 0.217. The third kappa shape index (κ3) is 2.99. The number of fused-ring (bicyclic) bond motifs is 2. The number of rotatable bonds is 3. The van der Waals surface area contributed by atoms with Crippen LogP contribution in [-0.2, 0) is 0 Å². The summed E-state index contributed by atoms with van der Waals surface area (Å²) < 4.78 is 5.37. The lowest BCUT2D eigenvalue weighted by Crippen LogP contribution is -2.27. The summed E-state index contributed by atoms with van der Waals surface area (Å²) in [6.07, 6.45) is 5.71. The van der Waals surface area contributed by atoms with E-state index in [0.717, 1.165) is 51.9 Å². The molecule has 0 spiro atoms. The van der Waals surface area contributed by atoms with Crippen molar-refractivity contribution in [1.29, 1.82) is 0 Å². The van der Waals surface area contributed by atoms with Gasteiger partial charge < -0.3 is 15.1 Å². The monoisotopic (exact) mass is 370 g/mol. The van der Waals surface area contributed by atoms with Gasteiger partial charge >= 0.3 is 0 Å². The second-order valence-corrected chi connectivity index (χ2v) is 7.36. The van der Waals surface area contributed by atoms with Crippen LogP contribution < -0.4 is 5.73 Å². The van der Waals surface area contributed by atoms with Crippen molar-refractivity contribution in [1.82, 2.24) is 14.9 Å². The Morgan fingerprint density at radius 3 is 2.61 bits per heavy atom. The van der Waals surface area contributed by atoms with Gasteiger partial charge in [0.05, 0.1) is 5.52 Å². The smallest absolute Gasteiger partial charge is 0.292 e. The van der Waals surface area contributed by atoms with Crippen molar-refractivity contribution in [2.75, 3.05) is 18.8 Å². The molecule has 28 heavy (non-hydrogen) atoms. The molecular formula is C23H22N4O.